The van der Waals surface area contributed by atoms with E-state index in [2.05, 4.69) is 21.7 Å². The van der Waals surface area contributed by atoms with Crippen LogP contribution in [-0.4, -0.2) is 33.8 Å². The van der Waals surface area contributed by atoms with E-state index < -0.39 is 17.2 Å². The van der Waals surface area contributed by atoms with E-state index in [4.69, 9.17) is 0 Å². The van der Waals surface area contributed by atoms with Crippen LogP contribution < -0.4 is 16.2 Å². The summed E-state index contributed by atoms with van der Waals surface area (Å²) in [5, 5.41) is 5.10. The summed E-state index contributed by atoms with van der Waals surface area (Å²) in [5.74, 6) is -0.432. The van der Waals surface area contributed by atoms with Crippen molar-refractivity contribution in [1.29, 1.82) is 0 Å². The number of carbonyl (C=O) groups is 2. The summed E-state index contributed by atoms with van der Waals surface area (Å²) in [6.45, 7) is 2.22. The first kappa shape index (κ1) is 21.1. The second-order valence-corrected chi connectivity index (χ2v) is 8.36. The van der Waals surface area contributed by atoms with Gasteiger partial charge in [-0.1, -0.05) is 35.5 Å². The van der Waals surface area contributed by atoms with Crippen LogP contribution in [0.4, 0.5) is 4.79 Å². The van der Waals surface area contributed by atoms with Crippen LogP contribution >= 0.6 is 11.8 Å². The number of para-hydroxylation sites is 1. The van der Waals surface area contributed by atoms with Gasteiger partial charge in [-0.2, -0.15) is 0 Å². The van der Waals surface area contributed by atoms with Gasteiger partial charge in [0.2, 0.25) is 5.91 Å². The van der Waals surface area contributed by atoms with Crippen molar-refractivity contribution in [3.63, 3.8) is 0 Å². The van der Waals surface area contributed by atoms with E-state index in [1.54, 1.807) is 23.6 Å². The van der Waals surface area contributed by atoms with Gasteiger partial charge in [0.1, 0.15) is 0 Å². The molecule has 0 unspecified atom stereocenters. The molecule has 0 fully saturated rings. The maximum absolute atomic E-state index is 13.1. The first-order chi connectivity index (χ1) is 14.0. The van der Waals surface area contributed by atoms with Crippen molar-refractivity contribution in [2.75, 3.05) is 7.05 Å². The molecule has 8 heteroatoms. The molecule has 7 nitrogen and oxygen atoms in total. The summed E-state index contributed by atoms with van der Waals surface area (Å²) >= 11 is 1.19. The number of urea groups is 1. The van der Waals surface area contributed by atoms with Crippen molar-refractivity contribution >= 4 is 34.6 Å². The predicted octanol–water partition coefficient (Wildman–Crippen LogP) is 3.22. The van der Waals surface area contributed by atoms with Gasteiger partial charge in [-0.15, -0.1) is 0 Å². The van der Waals surface area contributed by atoms with E-state index in [9.17, 15) is 14.4 Å². The highest BCUT2D eigenvalue weighted by Gasteiger charge is 2.21. The van der Waals surface area contributed by atoms with Gasteiger partial charge in [-0.25, -0.2) is 9.78 Å². The van der Waals surface area contributed by atoms with Crippen LogP contribution in [0, 0.1) is 0 Å². The van der Waals surface area contributed by atoms with Gasteiger partial charge in [0.25, 0.3) is 5.56 Å². The van der Waals surface area contributed by atoms with Crippen LogP contribution in [-0.2, 0) is 11.3 Å². The fraction of sp³-hybridized carbons (Fsp3) is 0.429. The Morgan fingerprint density at radius 2 is 2.07 bits per heavy atom. The third kappa shape index (κ3) is 5.26. The second-order valence-electron chi connectivity index (χ2n) is 7.05. The van der Waals surface area contributed by atoms with Gasteiger partial charge in [0, 0.05) is 13.6 Å². The minimum absolute atomic E-state index is 0.103. The Labute approximate surface area is 174 Å². The maximum atomic E-state index is 13.1. The van der Waals surface area contributed by atoms with E-state index in [-0.39, 0.29) is 5.56 Å². The summed E-state index contributed by atoms with van der Waals surface area (Å²) in [4.78, 5) is 41.5. The van der Waals surface area contributed by atoms with Crippen LogP contribution in [0.5, 0.6) is 0 Å². The maximum Gasteiger partial charge on any atom is 0.321 e. The molecular weight excluding hydrogens is 388 g/mol. The Hall–Kier alpha value is -2.61. The van der Waals surface area contributed by atoms with Crippen LogP contribution in [0.2, 0.25) is 0 Å². The minimum Gasteiger partial charge on any atom is -0.341 e. The van der Waals surface area contributed by atoms with E-state index in [1.165, 1.54) is 37.2 Å². The summed E-state index contributed by atoms with van der Waals surface area (Å²) in [7, 11) is 1.45. The number of carbonyl (C=O) groups excluding carboxylic acids is 2. The zero-order valence-electron chi connectivity index (χ0n) is 16.7. The first-order valence-corrected chi connectivity index (χ1v) is 10.7. The number of amides is 3. The molecule has 0 radical (unpaired) electrons. The van der Waals surface area contributed by atoms with Gasteiger partial charge >= 0.3 is 6.03 Å². The molecule has 1 aliphatic rings. The highest BCUT2D eigenvalue weighted by molar-refractivity contribution is 8.00. The standard InChI is InChI=1S/C21H26N4O3S/c1-14(18(26)24-20(28)22-2)29-21-23-17-11-7-6-10-16(17)19(27)25(21)13-12-15-8-4-3-5-9-15/h6-8,10-11,14H,3-5,9,12-13H2,1-2H3,(H2,22,24,26,28)/t14-/m1/s1. The number of thioether (sulfide) groups is 1. The summed E-state index contributed by atoms with van der Waals surface area (Å²) in [6.07, 6.45) is 7.65. The number of nitrogens with one attached hydrogen (secondary N) is 2. The highest BCUT2D eigenvalue weighted by Crippen LogP contribution is 2.25. The number of hydrogen-bond acceptors (Lipinski definition) is 5. The van der Waals surface area contributed by atoms with Crippen molar-refractivity contribution in [3.8, 4) is 0 Å². The number of imide groups is 1. The average molecular weight is 415 g/mol. The quantitative estimate of drug-likeness (QED) is 0.430. The summed E-state index contributed by atoms with van der Waals surface area (Å²) in [6, 6.07) is 6.67. The third-order valence-electron chi connectivity index (χ3n) is 4.98. The lowest BCUT2D eigenvalue weighted by molar-refractivity contribution is -0.119. The molecule has 3 amide bonds. The number of allylic oxidation sites excluding steroid dienone is 2. The molecule has 1 aromatic heterocycles. The normalized spacial score (nSPS) is 14.9. The molecule has 2 N–H and O–H groups in total. The number of rotatable bonds is 6. The van der Waals surface area contributed by atoms with Crippen molar-refractivity contribution in [2.24, 2.45) is 0 Å². The molecule has 2 aromatic rings. The van der Waals surface area contributed by atoms with Gasteiger partial charge in [-0.05, 0) is 51.2 Å². The number of hydrogen-bond donors (Lipinski definition) is 2. The lowest BCUT2D eigenvalue weighted by atomic mass is 9.97. The van der Waals surface area contributed by atoms with E-state index in [1.807, 2.05) is 12.1 Å². The largest absolute Gasteiger partial charge is 0.341 e. The van der Waals surface area contributed by atoms with Gasteiger partial charge in [0.15, 0.2) is 5.16 Å². The van der Waals surface area contributed by atoms with E-state index in [0.717, 1.165) is 19.3 Å². The van der Waals surface area contributed by atoms with Crippen molar-refractivity contribution < 1.29 is 9.59 Å². The minimum atomic E-state index is -0.583. The molecule has 1 heterocycles. The Bertz CT molecular complexity index is 999. The Kier molecular flexibility index (Phi) is 7.09. The monoisotopic (exact) mass is 414 g/mol. The third-order valence-corrected chi connectivity index (χ3v) is 6.07. The number of benzene rings is 1. The summed E-state index contributed by atoms with van der Waals surface area (Å²) < 4.78 is 1.66. The molecule has 0 bridgehead atoms. The molecule has 0 spiro atoms. The summed E-state index contributed by atoms with van der Waals surface area (Å²) in [5.41, 5.74) is 1.87. The van der Waals surface area contributed by atoms with Crippen molar-refractivity contribution in [3.05, 3.63) is 46.3 Å². The zero-order valence-corrected chi connectivity index (χ0v) is 17.6. The fourth-order valence-electron chi connectivity index (χ4n) is 3.31. The van der Waals surface area contributed by atoms with Crippen LogP contribution in [0.3, 0.4) is 0 Å². The number of fused-ring (bicyclic) bond motifs is 1. The first-order valence-electron chi connectivity index (χ1n) is 9.86. The molecule has 0 saturated heterocycles. The second kappa shape index (κ2) is 9.73. The molecule has 154 valence electrons. The van der Waals surface area contributed by atoms with E-state index in [0.29, 0.717) is 22.6 Å². The van der Waals surface area contributed by atoms with Crippen LogP contribution in [0.25, 0.3) is 10.9 Å². The Morgan fingerprint density at radius 3 is 2.79 bits per heavy atom. The van der Waals surface area contributed by atoms with Crippen LogP contribution in [0.15, 0.2) is 45.9 Å². The number of nitrogens with zero attached hydrogens (tertiary/aromatic N) is 2. The predicted molar refractivity (Wildman–Crippen MR) is 115 cm³/mol. The smallest absolute Gasteiger partial charge is 0.321 e. The molecule has 1 atom stereocenters. The van der Waals surface area contributed by atoms with Gasteiger partial charge in [-0.3, -0.25) is 19.5 Å². The van der Waals surface area contributed by atoms with Gasteiger partial charge < -0.3 is 5.32 Å². The highest BCUT2D eigenvalue weighted by atomic mass is 32.2. The average Bonchev–Trinajstić information content (AvgIpc) is 2.74. The zero-order chi connectivity index (χ0) is 20.8. The molecule has 29 heavy (non-hydrogen) atoms. The SMILES string of the molecule is CNC(=O)NC(=O)[C@@H](C)Sc1nc2ccccc2c(=O)n1CCC1=CCCCC1. The molecule has 1 aromatic carbocycles. The molecular formula is C21H26N4O3S. The molecule has 1 aliphatic carbocycles. The van der Waals surface area contributed by atoms with Crippen molar-refractivity contribution in [1.82, 2.24) is 20.2 Å². The molecule has 3 rings (SSSR count). The lowest BCUT2D eigenvalue weighted by Crippen LogP contribution is -2.41. The van der Waals surface area contributed by atoms with Crippen LogP contribution in [0.1, 0.15) is 39.0 Å². The molecule has 0 saturated carbocycles. The van der Waals surface area contributed by atoms with E-state index >= 15 is 0 Å². The van der Waals surface area contributed by atoms with Gasteiger partial charge in [0.05, 0.1) is 16.2 Å². The number of aromatic nitrogens is 2. The topological polar surface area (TPSA) is 93.1 Å². The van der Waals surface area contributed by atoms with Crippen molar-refractivity contribution in [2.45, 2.75) is 56.0 Å². The Morgan fingerprint density at radius 1 is 1.28 bits per heavy atom. The Balaban J connectivity index is 1.89. The fourth-order valence-corrected chi connectivity index (χ4v) is 4.24. The lowest BCUT2D eigenvalue weighted by Gasteiger charge is -2.18. The molecule has 0 aliphatic heterocycles.